The van der Waals surface area contributed by atoms with Gasteiger partial charge in [0.15, 0.2) is 0 Å². The SMILES string of the molecule is NC(=O)c1cncc(OCc2cccc(NC(=O)c3ccc(N4CCCC4=O)cc3)c2)c1. The summed E-state index contributed by atoms with van der Waals surface area (Å²) in [5.74, 6) is -0.292. The first-order chi connectivity index (χ1) is 15.5. The molecule has 1 aliphatic rings. The lowest BCUT2D eigenvalue weighted by molar-refractivity contribution is -0.117. The Morgan fingerprint density at radius 1 is 1.06 bits per heavy atom. The zero-order chi connectivity index (χ0) is 22.5. The summed E-state index contributed by atoms with van der Waals surface area (Å²) in [6.45, 7) is 0.939. The Morgan fingerprint density at radius 3 is 2.59 bits per heavy atom. The van der Waals surface area contributed by atoms with Gasteiger partial charge in [0.2, 0.25) is 11.8 Å². The highest BCUT2D eigenvalue weighted by Gasteiger charge is 2.21. The van der Waals surface area contributed by atoms with E-state index in [-0.39, 0.29) is 24.0 Å². The van der Waals surface area contributed by atoms with Crippen LogP contribution in [0.4, 0.5) is 11.4 Å². The van der Waals surface area contributed by atoms with Crippen LogP contribution in [0.25, 0.3) is 0 Å². The molecular weight excluding hydrogens is 408 g/mol. The molecule has 4 rings (SSSR count). The molecule has 3 N–H and O–H groups in total. The number of carbonyl (C=O) groups excluding carboxylic acids is 3. The fraction of sp³-hybridized carbons (Fsp3) is 0.167. The van der Waals surface area contributed by atoms with Crippen LogP contribution in [0.2, 0.25) is 0 Å². The fourth-order valence-corrected chi connectivity index (χ4v) is 3.46. The molecule has 2 heterocycles. The van der Waals surface area contributed by atoms with E-state index in [1.54, 1.807) is 41.3 Å². The number of hydrogen-bond donors (Lipinski definition) is 2. The Bertz CT molecular complexity index is 1160. The minimum absolute atomic E-state index is 0.110. The summed E-state index contributed by atoms with van der Waals surface area (Å²) < 4.78 is 5.68. The van der Waals surface area contributed by atoms with Crippen LogP contribution in [-0.2, 0) is 11.4 Å². The number of nitrogens with two attached hydrogens (primary N) is 1. The van der Waals surface area contributed by atoms with Gasteiger partial charge in [0.25, 0.3) is 5.91 Å². The van der Waals surface area contributed by atoms with Crippen LogP contribution < -0.4 is 20.7 Å². The molecule has 1 aliphatic heterocycles. The summed E-state index contributed by atoms with van der Waals surface area (Å²) in [6, 6.07) is 15.8. The van der Waals surface area contributed by atoms with Crippen LogP contribution in [0.5, 0.6) is 5.75 Å². The molecule has 8 heteroatoms. The van der Waals surface area contributed by atoms with Gasteiger partial charge < -0.3 is 20.7 Å². The van der Waals surface area contributed by atoms with E-state index in [0.29, 0.717) is 30.0 Å². The molecule has 2 aromatic carbocycles. The molecule has 1 saturated heterocycles. The topological polar surface area (TPSA) is 115 Å². The minimum atomic E-state index is -0.576. The smallest absolute Gasteiger partial charge is 0.255 e. The number of hydrogen-bond acceptors (Lipinski definition) is 5. The molecule has 3 aromatic rings. The van der Waals surface area contributed by atoms with Crippen molar-refractivity contribution in [3.63, 3.8) is 0 Å². The Labute approximate surface area is 185 Å². The van der Waals surface area contributed by atoms with Crippen LogP contribution >= 0.6 is 0 Å². The fourth-order valence-electron chi connectivity index (χ4n) is 3.46. The molecule has 0 bridgehead atoms. The first kappa shape index (κ1) is 21.0. The molecule has 162 valence electrons. The maximum atomic E-state index is 12.6. The van der Waals surface area contributed by atoms with Crippen molar-refractivity contribution in [3.05, 3.63) is 83.7 Å². The Balaban J connectivity index is 1.38. The minimum Gasteiger partial charge on any atom is -0.487 e. The van der Waals surface area contributed by atoms with Crippen LogP contribution in [0.3, 0.4) is 0 Å². The van der Waals surface area contributed by atoms with Gasteiger partial charge in [-0.3, -0.25) is 19.4 Å². The number of anilines is 2. The second-order valence-electron chi connectivity index (χ2n) is 7.41. The van der Waals surface area contributed by atoms with Gasteiger partial charge in [0, 0.05) is 36.1 Å². The van der Waals surface area contributed by atoms with Gasteiger partial charge in [0.1, 0.15) is 12.4 Å². The number of ether oxygens (including phenoxy) is 1. The second-order valence-corrected chi connectivity index (χ2v) is 7.41. The van der Waals surface area contributed by atoms with E-state index >= 15 is 0 Å². The van der Waals surface area contributed by atoms with Crippen molar-refractivity contribution >= 4 is 29.1 Å². The first-order valence-electron chi connectivity index (χ1n) is 10.2. The van der Waals surface area contributed by atoms with Gasteiger partial charge in [-0.1, -0.05) is 12.1 Å². The Hall–Kier alpha value is -4.20. The van der Waals surface area contributed by atoms with Crippen LogP contribution in [0.15, 0.2) is 67.0 Å². The number of rotatable bonds is 7. The molecule has 0 atom stereocenters. The van der Waals surface area contributed by atoms with Gasteiger partial charge in [-0.15, -0.1) is 0 Å². The molecule has 0 unspecified atom stereocenters. The number of amides is 3. The van der Waals surface area contributed by atoms with Gasteiger partial charge >= 0.3 is 0 Å². The largest absolute Gasteiger partial charge is 0.487 e. The molecule has 1 aromatic heterocycles. The van der Waals surface area contributed by atoms with Crippen LogP contribution in [-0.4, -0.2) is 29.3 Å². The van der Waals surface area contributed by atoms with Crippen molar-refractivity contribution in [1.29, 1.82) is 0 Å². The van der Waals surface area contributed by atoms with E-state index in [1.165, 1.54) is 18.5 Å². The van der Waals surface area contributed by atoms with Gasteiger partial charge in [-0.05, 0) is 54.4 Å². The van der Waals surface area contributed by atoms with Crippen molar-refractivity contribution in [2.75, 3.05) is 16.8 Å². The third-order valence-electron chi connectivity index (χ3n) is 5.10. The van der Waals surface area contributed by atoms with E-state index < -0.39 is 5.91 Å². The van der Waals surface area contributed by atoms with Crippen molar-refractivity contribution in [2.24, 2.45) is 5.73 Å². The van der Waals surface area contributed by atoms with E-state index in [4.69, 9.17) is 10.5 Å². The number of aromatic nitrogens is 1. The zero-order valence-corrected chi connectivity index (χ0v) is 17.3. The molecule has 8 nitrogen and oxygen atoms in total. The van der Waals surface area contributed by atoms with E-state index in [0.717, 1.165) is 17.7 Å². The van der Waals surface area contributed by atoms with Gasteiger partial charge in [-0.2, -0.15) is 0 Å². The molecule has 0 aliphatic carbocycles. The predicted octanol–water partition coefficient (Wildman–Crippen LogP) is 3.14. The summed E-state index contributed by atoms with van der Waals surface area (Å²) in [6.07, 6.45) is 4.29. The Morgan fingerprint density at radius 2 is 1.88 bits per heavy atom. The number of benzene rings is 2. The van der Waals surface area contributed by atoms with Crippen molar-refractivity contribution in [2.45, 2.75) is 19.4 Å². The Kier molecular flexibility index (Phi) is 6.12. The summed E-state index contributed by atoms with van der Waals surface area (Å²) in [7, 11) is 0. The normalized spacial score (nSPS) is 13.1. The van der Waals surface area contributed by atoms with Crippen molar-refractivity contribution < 1.29 is 19.1 Å². The number of pyridine rings is 1. The lowest BCUT2D eigenvalue weighted by Crippen LogP contribution is -2.23. The van der Waals surface area contributed by atoms with E-state index in [9.17, 15) is 14.4 Å². The predicted molar refractivity (Wildman–Crippen MR) is 120 cm³/mol. The quantitative estimate of drug-likeness (QED) is 0.598. The molecule has 0 spiro atoms. The van der Waals surface area contributed by atoms with Crippen molar-refractivity contribution in [1.82, 2.24) is 4.98 Å². The van der Waals surface area contributed by atoms with Gasteiger partial charge in [0.05, 0.1) is 11.8 Å². The maximum absolute atomic E-state index is 12.6. The average molecular weight is 430 g/mol. The summed E-state index contributed by atoms with van der Waals surface area (Å²) in [5, 5.41) is 2.87. The molecule has 3 amide bonds. The lowest BCUT2D eigenvalue weighted by atomic mass is 10.1. The van der Waals surface area contributed by atoms with Gasteiger partial charge in [-0.25, -0.2) is 0 Å². The van der Waals surface area contributed by atoms with Crippen molar-refractivity contribution in [3.8, 4) is 5.75 Å². The average Bonchev–Trinajstić information content (AvgIpc) is 3.24. The van der Waals surface area contributed by atoms with Crippen LogP contribution in [0, 0.1) is 0 Å². The highest BCUT2D eigenvalue weighted by molar-refractivity contribution is 6.05. The maximum Gasteiger partial charge on any atom is 0.255 e. The monoisotopic (exact) mass is 430 g/mol. The number of primary amides is 1. The van der Waals surface area contributed by atoms with Crippen LogP contribution in [0.1, 0.15) is 39.1 Å². The number of carbonyl (C=O) groups is 3. The number of nitrogens with zero attached hydrogens (tertiary/aromatic N) is 2. The third-order valence-corrected chi connectivity index (χ3v) is 5.10. The standard InChI is InChI=1S/C24H22N4O4/c25-23(30)18-12-21(14-26-13-18)32-15-16-3-1-4-19(11-16)27-24(31)17-6-8-20(9-7-17)28-10-2-5-22(28)29/h1,3-4,6-9,11-14H,2,5,10,15H2,(H2,25,30)(H,27,31). The first-order valence-corrected chi connectivity index (χ1v) is 10.2. The highest BCUT2D eigenvalue weighted by Crippen LogP contribution is 2.22. The third kappa shape index (κ3) is 4.92. The number of nitrogens with one attached hydrogen (secondary N) is 1. The highest BCUT2D eigenvalue weighted by atomic mass is 16.5. The van der Waals surface area contributed by atoms with E-state index in [2.05, 4.69) is 10.3 Å². The summed E-state index contributed by atoms with van der Waals surface area (Å²) in [5.41, 5.74) is 8.28. The molecule has 0 saturated carbocycles. The molecule has 32 heavy (non-hydrogen) atoms. The summed E-state index contributed by atoms with van der Waals surface area (Å²) in [4.78, 5) is 41.4. The molecule has 0 radical (unpaired) electrons. The molecular formula is C24H22N4O4. The molecule has 1 fully saturated rings. The lowest BCUT2D eigenvalue weighted by Gasteiger charge is -2.16. The second kappa shape index (κ2) is 9.30. The van der Waals surface area contributed by atoms with E-state index in [1.807, 2.05) is 12.1 Å². The summed E-state index contributed by atoms with van der Waals surface area (Å²) >= 11 is 0. The zero-order valence-electron chi connectivity index (χ0n) is 17.3.